The van der Waals surface area contributed by atoms with Crippen LogP contribution in [-0.4, -0.2) is 28.0 Å². The number of amides is 1. The number of rotatable bonds is 4. The van der Waals surface area contributed by atoms with Gasteiger partial charge >= 0.3 is 0 Å². The first kappa shape index (κ1) is 11.7. The Morgan fingerprint density at radius 3 is 2.47 bits per heavy atom. The van der Waals surface area contributed by atoms with E-state index in [9.17, 15) is 13.2 Å². The van der Waals surface area contributed by atoms with Crippen molar-refractivity contribution in [2.45, 2.75) is 4.90 Å². The predicted molar refractivity (Wildman–Crippen MR) is 53.6 cm³/mol. The van der Waals surface area contributed by atoms with E-state index in [1.165, 1.54) is 19.2 Å². The first-order chi connectivity index (χ1) is 7.06. The zero-order valence-corrected chi connectivity index (χ0v) is 8.95. The largest absolute Gasteiger partial charge is 0.357 e. The Balaban J connectivity index is 2.73. The molecule has 0 aliphatic carbocycles. The lowest BCUT2D eigenvalue weighted by atomic mass is 10.4. The van der Waals surface area contributed by atoms with Crippen LogP contribution in [0, 0.1) is 0 Å². The lowest BCUT2D eigenvalue weighted by molar-refractivity contribution is -0.122. The molecule has 0 unspecified atom stereocenters. The summed E-state index contributed by atoms with van der Waals surface area (Å²) in [5, 5.41) is 2.26. The number of carbonyl (C=O) groups is 1. The number of nitrogens with one attached hydrogen (secondary N) is 1. The van der Waals surface area contributed by atoms with Gasteiger partial charge in [-0.05, 0) is 12.1 Å². The fourth-order valence-electron chi connectivity index (χ4n) is 0.858. The minimum atomic E-state index is -3.83. The van der Waals surface area contributed by atoms with Crippen molar-refractivity contribution in [1.29, 1.82) is 0 Å². The molecule has 0 aromatic heterocycles. The summed E-state index contributed by atoms with van der Waals surface area (Å²) >= 11 is 0. The Bertz CT molecular complexity index is 427. The third-order valence-electron chi connectivity index (χ3n) is 1.66. The molecule has 0 heterocycles. The van der Waals surface area contributed by atoms with E-state index in [0.29, 0.717) is 0 Å². The summed E-state index contributed by atoms with van der Waals surface area (Å²) in [6, 6.07) is 7.66. The van der Waals surface area contributed by atoms with Crippen molar-refractivity contribution < 1.29 is 17.4 Å². The van der Waals surface area contributed by atoms with Crippen LogP contribution >= 0.6 is 0 Å². The summed E-state index contributed by atoms with van der Waals surface area (Å²) in [6.45, 7) is -0.506. The molecule has 5 nitrogen and oxygen atoms in total. The molecule has 1 rings (SSSR count). The minimum Gasteiger partial charge on any atom is -0.357 e. The van der Waals surface area contributed by atoms with Gasteiger partial charge in [0.15, 0.2) is 0 Å². The van der Waals surface area contributed by atoms with E-state index < -0.39 is 22.6 Å². The summed E-state index contributed by atoms with van der Waals surface area (Å²) in [5.41, 5.74) is 0. The molecule has 0 saturated heterocycles. The Kier molecular flexibility index (Phi) is 3.81. The fourth-order valence-corrected chi connectivity index (χ4v) is 1.75. The van der Waals surface area contributed by atoms with Crippen molar-refractivity contribution in [1.82, 2.24) is 5.32 Å². The van der Waals surface area contributed by atoms with E-state index in [1.807, 2.05) is 0 Å². The third kappa shape index (κ3) is 3.34. The van der Waals surface area contributed by atoms with Crippen LogP contribution in [0.4, 0.5) is 0 Å². The molecule has 15 heavy (non-hydrogen) atoms. The molecule has 82 valence electrons. The summed E-state index contributed by atoms with van der Waals surface area (Å²) < 4.78 is 27.4. The molecule has 6 heteroatoms. The van der Waals surface area contributed by atoms with Gasteiger partial charge in [0.1, 0.15) is 6.61 Å². The summed E-state index contributed by atoms with van der Waals surface area (Å²) in [5.74, 6) is -0.491. The Morgan fingerprint density at radius 2 is 1.93 bits per heavy atom. The average Bonchev–Trinajstić information content (AvgIpc) is 2.27. The summed E-state index contributed by atoms with van der Waals surface area (Å²) in [6.07, 6.45) is 0. The quantitative estimate of drug-likeness (QED) is 0.745. The van der Waals surface area contributed by atoms with Crippen molar-refractivity contribution in [2.24, 2.45) is 0 Å². The molecule has 0 aliphatic rings. The lowest BCUT2D eigenvalue weighted by Crippen LogP contribution is -2.25. The predicted octanol–water partition coefficient (Wildman–Crippen LogP) is 0.138. The average molecular weight is 229 g/mol. The second-order valence-electron chi connectivity index (χ2n) is 2.70. The second kappa shape index (κ2) is 4.90. The van der Waals surface area contributed by atoms with E-state index in [4.69, 9.17) is 0 Å². The first-order valence-corrected chi connectivity index (χ1v) is 5.62. The molecule has 0 radical (unpaired) electrons. The maximum Gasteiger partial charge on any atom is 0.297 e. The van der Waals surface area contributed by atoms with Gasteiger partial charge in [-0.25, -0.2) is 0 Å². The van der Waals surface area contributed by atoms with E-state index in [-0.39, 0.29) is 4.90 Å². The molecule has 1 N–H and O–H groups in total. The van der Waals surface area contributed by atoms with Gasteiger partial charge in [-0.3, -0.25) is 8.98 Å². The third-order valence-corrected chi connectivity index (χ3v) is 2.93. The van der Waals surface area contributed by atoms with Gasteiger partial charge in [0.2, 0.25) is 5.91 Å². The molecule has 1 aromatic rings. The van der Waals surface area contributed by atoms with Gasteiger partial charge in [-0.15, -0.1) is 0 Å². The van der Waals surface area contributed by atoms with Crippen LogP contribution in [0.3, 0.4) is 0 Å². The van der Waals surface area contributed by atoms with E-state index >= 15 is 0 Å². The number of carbonyl (C=O) groups excluding carboxylic acids is 1. The smallest absolute Gasteiger partial charge is 0.297 e. The van der Waals surface area contributed by atoms with Gasteiger partial charge in [-0.1, -0.05) is 18.2 Å². The lowest BCUT2D eigenvalue weighted by Gasteiger charge is -2.04. The van der Waals surface area contributed by atoms with Crippen molar-refractivity contribution in [3.63, 3.8) is 0 Å². The molecule has 1 amide bonds. The zero-order valence-electron chi connectivity index (χ0n) is 8.14. The maximum absolute atomic E-state index is 11.5. The molecular formula is C9H11NO4S. The van der Waals surface area contributed by atoms with Crippen LogP contribution in [-0.2, 0) is 19.1 Å². The molecule has 0 bridgehead atoms. The molecule has 0 spiro atoms. The van der Waals surface area contributed by atoms with Crippen LogP contribution in [0.1, 0.15) is 0 Å². The van der Waals surface area contributed by atoms with Crippen LogP contribution in [0.2, 0.25) is 0 Å². The van der Waals surface area contributed by atoms with Crippen molar-refractivity contribution in [2.75, 3.05) is 13.7 Å². The number of likely N-dealkylation sites (N-methyl/N-ethyl adjacent to an activating group) is 1. The van der Waals surface area contributed by atoms with Crippen molar-refractivity contribution >= 4 is 16.0 Å². The maximum atomic E-state index is 11.5. The Morgan fingerprint density at radius 1 is 1.33 bits per heavy atom. The van der Waals surface area contributed by atoms with Crippen molar-refractivity contribution in [3.8, 4) is 0 Å². The standard InChI is InChI=1S/C9H11NO4S/c1-10-9(11)7-14-15(12,13)8-5-3-2-4-6-8/h2-6H,7H2,1H3,(H,10,11). The van der Waals surface area contributed by atoms with E-state index in [1.54, 1.807) is 18.2 Å². The highest BCUT2D eigenvalue weighted by atomic mass is 32.2. The van der Waals surface area contributed by atoms with E-state index in [0.717, 1.165) is 0 Å². The number of benzene rings is 1. The van der Waals surface area contributed by atoms with Gasteiger partial charge in [0.05, 0.1) is 4.90 Å². The number of hydrogen-bond acceptors (Lipinski definition) is 4. The van der Waals surface area contributed by atoms with Gasteiger partial charge in [0, 0.05) is 7.05 Å². The molecular weight excluding hydrogens is 218 g/mol. The van der Waals surface area contributed by atoms with Crippen LogP contribution in [0.5, 0.6) is 0 Å². The Labute approximate surface area is 88.2 Å². The monoisotopic (exact) mass is 229 g/mol. The normalized spacial score (nSPS) is 11.0. The highest BCUT2D eigenvalue weighted by Crippen LogP contribution is 2.10. The molecule has 1 aromatic carbocycles. The topological polar surface area (TPSA) is 72.5 Å². The molecule has 0 aliphatic heterocycles. The van der Waals surface area contributed by atoms with Gasteiger partial charge in [0.25, 0.3) is 10.1 Å². The van der Waals surface area contributed by atoms with Crippen LogP contribution in [0.25, 0.3) is 0 Å². The molecule has 0 atom stereocenters. The highest BCUT2D eigenvalue weighted by molar-refractivity contribution is 7.86. The fraction of sp³-hybridized carbons (Fsp3) is 0.222. The highest BCUT2D eigenvalue weighted by Gasteiger charge is 2.15. The zero-order chi connectivity index (χ0) is 11.3. The van der Waals surface area contributed by atoms with Crippen LogP contribution in [0.15, 0.2) is 35.2 Å². The molecule has 0 saturated carbocycles. The SMILES string of the molecule is CNC(=O)COS(=O)(=O)c1ccccc1. The van der Waals surface area contributed by atoms with Gasteiger partial charge in [-0.2, -0.15) is 8.42 Å². The molecule has 0 fully saturated rings. The van der Waals surface area contributed by atoms with Crippen LogP contribution < -0.4 is 5.32 Å². The first-order valence-electron chi connectivity index (χ1n) is 4.21. The summed E-state index contributed by atoms with van der Waals surface area (Å²) in [4.78, 5) is 10.8. The number of hydrogen-bond donors (Lipinski definition) is 1. The Hall–Kier alpha value is -1.40. The van der Waals surface area contributed by atoms with E-state index in [2.05, 4.69) is 9.50 Å². The summed E-state index contributed by atoms with van der Waals surface area (Å²) in [7, 11) is -2.42. The van der Waals surface area contributed by atoms with Crippen molar-refractivity contribution in [3.05, 3.63) is 30.3 Å². The van der Waals surface area contributed by atoms with Gasteiger partial charge < -0.3 is 5.32 Å². The second-order valence-corrected chi connectivity index (χ2v) is 4.32. The minimum absolute atomic E-state index is 0.0360.